The van der Waals surface area contributed by atoms with Gasteiger partial charge in [0.05, 0.1) is 23.6 Å². The highest BCUT2D eigenvalue weighted by Gasteiger charge is 2.14. The summed E-state index contributed by atoms with van der Waals surface area (Å²) in [6.07, 6.45) is 1.48. The Hall–Kier alpha value is -2.45. The van der Waals surface area contributed by atoms with Gasteiger partial charge in [-0.3, -0.25) is 9.48 Å². The molecule has 1 aromatic carbocycles. The van der Waals surface area contributed by atoms with Gasteiger partial charge in [0.2, 0.25) is 15.9 Å². The topological polar surface area (TPSA) is 93.1 Å². The molecule has 1 heterocycles. The molecule has 0 saturated heterocycles. The smallest absolute Gasteiger partial charge is 0.239 e. The Labute approximate surface area is 147 Å². The van der Waals surface area contributed by atoms with Crippen LogP contribution >= 0.6 is 0 Å². The molecule has 1 aromatic heterocycles. The number of rotatable bonds is 6. The Morgan fingerprint density at radius 1 is 1.20 bits per heavy atom. The molecule has 0 aliphatic rings. The second kappa shape index (κ2) is 7.62. The number of anilines is 1. The molecule has 0 bridgehead atoms. The van der Waals surface area contributed by atoms with E-state index in [4.69, 9.17) is 0 Å². The molecule has 0 atom stereocenters. The summed E-state index contributed by atoms with van der Waals surface area (Å²) in [5, 5.41) is 7.92. The Morgan fingerprint density at radius 2 is 1.84 bits per heavy atom. The van der Waals surface area contributed by atoms with E-state index in [1.165, 1.54) is 6.08 Å². The lowest BCUT2D eigenvalue weighted by Crippen LogP contribution is -2.31. The first-order chi connectivity index (χ1) is 11.7. The summed E-state index contributed by atoms with van der Waals surface area (Å²) < 4.78 is 27.8. The van der Waals surface area contributed by atoms with Crippen LogP contribution in [0.4, 0.5) is 5.69 Å². The van der Waals surface area contributed by atoms with Gasteiger partial charge in [0, 0.05) is 12.5 Å². The number of hydrogen-bond donors (Lipinski definition) is 2. The molecule has 0 saturated carbocycles. The van der Waals surface area contributed by atoms with Crippen LogP contribution in [0.1, 0.15) is 22.5 Å². The second-order valence-electron chi connectivity index (χ2n) is 5.80. The standard InChI is InChI=1S/C17H22N4O3S/c1-12-5-7-15(8-6-12)9-10-25(23,24)18-11-16(22)19-17-13(2)20-21(4)14(17)3/h5-10,18H,11H2,1-4H3,(H,19,22). The second-order valence-corrected chi connectivity index (χ2v) is 7.45. The van der Waals surface area contributed by atoms with Crippen molar-refractivity contribution in [2.24, 2.45) is 7.05 Å². The number of aryl methyl sites for hydroxylation is 3. The molecule has 7 nitrogen and oxygen atoms in total. The first-order valence-electron chi connectivity index (χ1n) is 7.72. The van der Waals surface area contributed by atoms with E-state index in [9.17, 15) is 13.2 Å². The van der Waals surface area contributed by atoms with E-state index >= 15 is 0 Å². The zero-order valence-electron chi connectivity index (χ0n) is 14.7. The first-order valence-corrected chi connectivity index (χ1v) is 9.27. The van der Waals surface area contributed by atoms with Gasteiger partial charge in [0.25, 0.3) is 0 Å². The van der Waals surface area contributed by atoms with E-state index in [2.05, 4.69) is 15.1 Å². The largest absolute Gasteiger partial charge is 0.322 e. The average molecular weight is 362 g/mol. The lowest BCUT2D eigenvalue weighted by Gasteiger charge is -2.06. The van der Waals surface area contributed by atoms with E-state index in [1.54, 1.807) is 18.7 Å². The van der Waals surface area contributed by atoms with E-state index < -0.39 is 15.9 Å². The van der Waals surface area contributed by atoms with E-state index in [1.807, 2.05) is 38.1 Å². The maximum Gasteiger partial charge on any atom is 0.239 e. The number of aromatic nitrogens is 2. The Balaban J connectivity index is 1.94. The third-order valence-corrected chi connectivity index (χ3v) is 4.77. The summed E-state index contributed by atoms with van der Waals surface area (Å²) >= 11 is 0. The molecule has 0 aliphatic carbocycles. The van der Waals surface area contributed by atoms with E-state index in [0.717, 1.165) is 22.2 Å². The minimum atomic E-state index is -3.70. The average Bonchev–Trinajstić information content (AvgIpc) is 2.79. The van der Waals surface area contributed by atoms with Gasteiger partial charge in [0.15, 0.2) is 0 Å². The van der Waals surface area contributed by atoms with Gasteiger partial charge in [-0.15, -0.1) is 0 Å². The number of nitrogens with zero attached hydrogens (tertiary/aromatic N) is 2. The number of hydrogen-bond acceptors (Lipinski definition) is 4. The number of benzene rings is 1. The van der Waals surface area contributed by atoms with Crippen LogP contribution in [0, 0.1) is 20.8 Å². The van der Waals surface area contributed by atoms with Crippen molar-refractivity contribution in [1.82, 2.24) is 14.5 Å². The van der Waals surface area contributed by atoms with Crippen LogP contribution < -0.4 is 10.0 Å². The maximum absolute atomic E-state index is 12.0. The van der Waals surface area contributed by atoms with Gasteiger partial charge in [-0.25, -0.2) is 13.1 Å². The fourth-order valence-electron chi connectivity index (χ4n) is 2.20. The van der Waals surface area contributed by atoms with Crippen molar-refractivity contribution in [3.63, 3.8) is 0 Å². The van der Waals surface area contributed by atoms with Crippen LogP contribution in [0.3, 0.4) is 0 Å². The fourth-order valence-corrected chi connectivity index (χ4v) is 2.96. The summed E-state index contributed by atoms with van der Waals surface area (Å²) in [6.45, 7) is 5.20. The summed E-state index contributed by atoms with van der Waals surface area (Å²) in [4.78, 5) is 12.0. The predicted molar refractivity (Wildman–Crippen MR) is 98.4 cm³/mol. The van der Waals surface area contributed by atoms with Crippen LogP contribution in [0.25, 0.3) is 6.08 Å². The van der Waals surface area contributed by atoms with Crippen molar-refractivity contribution >= 4 is 27.7 Å². The van der Waals surface area contributed by atoms with Gasteiger partial charge < -0.3 is 5.32 Å². The summed E-state index contributed by atoms with van der Waals surface area (Å²) in [5.74, 6) is -0.452. The Morgan fingerprint density at radius 3 is 2.40 bits per heavy atom. The molecular weight excluding hydrogens is 340 g/mol. The molecule has 25 heavy (non-hydrogen) atoms. The number of nitrogens with one attached hydrogen (secondary N) is 2. The number of amides is 1. The van der Waals surface area contributed by atoms with E-state index in [-0.39, 0.29) is 6.54 Å². The van der Waals surface area contributed by atoms with Crippen LogP contribution in [0.15, 0.2) is 29.7 Å². The zero-order valence-corrected chi connectivity index (χ0v) is 15.5. The van der Waals surface area contributed by atoms with Crippen LogP contribution in [0.2, 0.25) is 0 Å². The lowest BCUT2D eigenvalue weighted by atomic mass is 10.2. The number of carbonyl (C=O) groups excluding carboxylic acids is 1. The lowest BCUT2D eigenvalue weighted by molar-refractivity contribution is -0.115. The number of sulfonamides is 1. The summed E-state index contributed by atoms with van der Waals surface area (Å²) in [5.41, 5.74) is 3.93. The van der Waals surface area contributed by atoms with Crippen molar-refractivity contribution in [2.75, 3.05) is 11.9 Å². The molecular formula is C17H22N4O3S. The monoisotopic (exact) mass is 362 g/mol. The highest BCUT2D eigenvalue weighted by Crippen LogP contribution is 2.17. The van der Waals surface area contributed by atoms with Gasteiger partial charge in [-0.05, 0) is 32.4 Å². The Bertz CT molecular complexity index is 897. The third kappa shape index (κ3) is 5.27. The fraction of sp³-hybridized carbons (Fsp3) is 0.294. The highest BCUT2D eigenvalue weighted by molar-refractivity contribution is 7.92. The van der Waals surface area contributed by atoms with Gasteiger partial charge >= 0.3 is 0 Å². The molecule has 0 fully saturated rings. The molecule has 2 rings (SSSR count). The summed E-state index contributed by atoms with van der Waals surface area (Å²) in [6, 6.07) is 7.43. The van der Waals surface area contributed by atoms with Gasteiger partial charge in [-0.2, -0.15) is 5.10 Å². The van der Waals surface area contributed by atoms with Gasteiger partial charge in [-0.1, -0.05) is 29.8 Å². The molecule has 0 unspecified atom stereocenters. The van der Waals surface area contributed by atoms with Crippen LogP contribution in [-0.2, 0) is 21.9 Å². The molecule has 0 spiro atoms. The molecule has 8 heteroatoms. The number of carbonyl (C=O) groups is 1. The van der Waals surface area contributed by atoms with Crippen molar-refractivity contribution in [3.05, 3.63) is 52.2 Å². The van der Waals surface area contributed by atoms with Crippen molar-refractivity contribution in [3.8, 4) is 0 Å². The zero-order chi connectivity index (χ0) is 18.6. The van der Waals surface area contributed by atoms with Crippen molar-refractivity contribution in [1.29, 1.82) is 0 Å². The predicted octanol–water partition coefficient (Wildman–Crippen LogP) is 1.87. The quantitative estimate of drug-likeness (QED) is 0.820. The van der Waals surface area contributed by atoms with Crippen LogP contribution in [0.5, 0.6) is 0 Å². The summed E-state index contributed by atoms with van der Waals surface area (Å²) in [7, 11) is -1.93. The highest BCUT2D eigenvalue weighted by atomic mass is 32.2. The molecule has 2 aromatic rings. The normalized spacial score (nSPS) is 11.8. The van der Waals surface area contributed by atoms with E-state index in [0.29, 0.717) is 11.4 Å². The minimum Gasteiger partial charge on any atom is -0.322 e. The Kier molecular flexibility index (Phi) is 5.76. The molecule has 2 N–H and O–H groups in total. The SMILES string of the molecule is Cc1ccc(C=CS(=O)(=O)NCC(=O)Nc2c(C)nn(C)c2C)cc1. The molecule has 1 amide bonds. The molecule has 0 radical (unpaired) electrons. The van der Waals surface area contributed by atoms with Gasteiger partial charge in [0.1, 0.15) is 0 Å². The van der Waals surface area contributed by atoms with Crippen molar-refractivity contribution in [2.45, 2.75) is 20.8 Å². The minimum absolute atomic E-state index is 0.353. The molecule has 134 valence electrons. The van der Waals surface area contributed by atoms with Crippen molar-refractivity contribution < 1.29 is 13.2 Å². The maximum atomic E-state index is 12.0. The third-order valence-electron chi connectivity index (χ3n) is 3.72. The van der Waals surface area contributed by atoms with Crippen LogP contribution in [-0.4, -0.2) is 30.7 Å². The molecule has 0 aliphatic heterocycles. The first kappa shape index (κ1) is 18.9.